The number of likely N-dealkylation sites (tertiary alicyclic amines) is 1. The van der Waals surface area contributed by atoms with Gasteiger partial charge in [0.2, 0.25) is 17.7 Å². The molecule has 7 nitrogen and oxygen atoms in total. The van der Waals surface area contributed by atoms with Gasteiger partial charge in [0.25, 0.3) is 0 Å². The van der Waals surface area contributed by atoms with Gasteiger partial charge in [-0.1, -0.05) is 29.8 Å². The van der Waals surface area contributed by atoms with E-state index in [1.54, 1.807) is 4.90 Å². The van der Waals surface area contributed by atoms with Gasteiger partial charge in [0.15, 0.2) is 0 Å². The standard InChI is InChI=1S/C20H30N4O3.ClH/c1-14-5-7-16(8-6-14)18(23-15(2)25)12-19(26)24-11-3-4-17(13-24)20(27)22-10-9-21;/h5-8,17-18H,3-4,9-13,21H2,1-2H3,(H,22,27)(H,23,25);1H. The van der Waals surface area contributed by atoms with Gasteiger partial charge in [-0.2, -0.15) is 0 Å². The molecule has 0 radical (unpaired) electrons. The molecular formula is C20H31ClN4O3. The van der Waals surface area contributed by atoms with Crippen LogP contribution in [0.2, 0.25) is 0 Å². The fraction of sp³-hybridized carbons (Fsp3) is 0.550. The summed E-state index contributed by atoms with van der Waals surface area (Å²) in [7, 11) is 0. The summed E-state index contributed by atoms with van der Waals surface area (Å²) < 4.78 is 0. The normalized spacial score (nSPS) is 17.2. The van der Waals surface area contributed by atoms with E-state index in [9.17, 15) is 14.4 Å². The number of hydrogen-bond donors (Lipinski definition) is 3. The molecule has 156 valence electrons. The Kier molecular flexibility index (Phi) is 9.96. The summed E-state index contributed by atoms with van der Waals surface area (Å²) in [6.07, 6.45) is 1.74. The lowest BCUT2D eigenvalue weighted by atomic mass is 9.95. The van der Waals surface area contributed by atoms with Crippen molar-refractivity contribution in [3.05, 3.63) is 35.4 Å². The molecule has 2 rings (SSSR count). The van der Waals surface area contributed by atoms with Crippen molar-refractivity contribution in [2.24, 2.45) is 11.7 Å². The number of halogens is 1. The second kappa shape index (κ2) is 11.7. The van der Waals surface area contributed by atoms with Crippen molar-refractivity contribution in [3.8, 4) is 0 Å². The van der Waals surface area contributed by atoms with E-state index >= 15 is 0 Å². The highest BCUT2D eigenvalue weighted by atomic mass is 35.5. The van der Waals surface area contributed by atoms with Crippen LogP contribution in [-0.4, -0.2) is 48.8 Å². The highest BCUT2D eigenvalue weighted by Gasteiger charge is 2.29. The lowest BCUT2D eigenvalue weighted by Gasteiger charge is -2.33. The minimum Gasteiger partial charge on any atom is -0.355 e. The predicted octanol–water partition coefficient (Wildman–Crippen LogP) is 1.30. The molecule has 0 aliphatic carbocycles. The Bertz CT molecular complexity index is 666. The van der Waals surface area contributed by atoms with Crippen LogP contribution in [0, 0.1) is 12.8 Å². The van der Waals surface area contributed by atoms with E-state index in [0.717, 1.165) is 24.0 Å². The third-order valence-electron chi connectivity index (χ3n) is 4.82. The van der Waals surface area contributed by atoms with E-state index in [2.05, 4.69) is 10.6 Å². The van der Waals surface area contributed by atoms with Gasteiger partial charge in [0.1, 0.15) is 0 Å². The number of piperidine rings is 1. The number of nitrogens with zero attached hydrogens (tertiary/aromatic N) is 1. The van der Waals surface area contributed by atoms with Gasteiger partial charge in [-0.15, -0.1) is 12.4 Å². The molecule has 1 fully saturated rings. The summed E-state index contributed by atoms with van der Waals surface area (Å²) in [5.74, 6) is -0.473. The largest absolute Gasteiger partial charge is 0.355 e. The molecule has 3 amide bonds. The molecule has 28 heavy (non-hydrogen) atoms. The van der Waals surface area contributed by atoms with Crippen LogP contribution in [0.5, 0.6) is 0 Å². The number of carbonyl (C=O) groups excluding carboxylic acids is 3. The Balaban J connectivity index is 0.00000392. The van der Waals surface area contributed by atoms with E-state index in [-0.39, 0.29) is 48.5 Å². The highest BCUT2D eigenvalue weighted by Crippen LogP contribution is 2.22. The number of rotatable bonds is 7. The van der Waals surface area contributed by atoms with Gasteiger partial charge < -0.3 is 21.3 Å². The van der Waals surface area contributed by atoms with E-state index in [4.69, 9.17) is 5.73 Å². The summed E-state index contributed by atoms with van der Waals surface area (Å²) in [4.78, 5) is 38.4. The first-order valence-corrected chi connectivity index (χ1v) is 9.50. The number of aryl methyl sites for hydroxylation is 1. The number of nitrogens with two attached hydrogens (primary N) is 1. The van der Waals surface area contributed by atoms with Crippen molar-refractivity contribution in [2.45, 2.75) is 39.2 Å². The van der Waals surface area contributed by atoms with Gasteiger partial charge in [-0.25, -0.2) is 0 Å². The smallest absolute Gasteiger partial charge is 0.225 e. The number of benzene rings is 1. The summed E-state index contributed by atoms with van der Waals surface area (Å²) in [6, 6.07) is 7.42. The summed E-state index contributed by atoms with van der Waals surface area (Å²) in [6.45, 7) is 5.34. The van der Waals surface area contributed by atoms with Crippen molar-refractivity contribution < 1.29 is 14.4 Å². The van der Waals surface area contributed by atoms with E-state index < -0.39 is 0 Å². The van der Waals surface area contributed by atoms with E-state index in [1.165, 1.54) is 6.92 Å². The zero-order valence-corrected chi connectivity index (χ0v) is 17.4. The summed E-state index contributed by atoms with van der Waals surface area (Å²) >= 11 is 0. The Morgan fingerprint density at radius 2 is 1.93 bits per heavy atom. The van der Waals surface area contributed by atoms with Crippen molar-refractivity contribution in [3.63, 3.8) is 0 Å². The van der Waals surface area contributed by atoms with E-state index in [1.807, 2.05) is 31.2 Å². The molecular weight excluding hydrogens is 380 g/mol. The van der Waals surface area contributed by atoms with Crippen LogP contribution < -0.4 is 16.4 Å². The number of carbonyl (C=O) groups is 3. The van der Waals surface area contributed by atoms with Crippen LogP contribution in [0.25, 0.3) is 0 Å². The molecule has 8 heteroatoms. The van der Waals surface area contributed by atoms with Gasteiger partial charge in [-0.05, 0) is 25.3 Å². The van der Waals surface area contributed by atoms with Gasteiger partial charge >= 0.3 is 0 Å². The Morgan fingerprint density at radius 3 is 2.54 bits per heavy atom. The van der Waals surface area contributed by atoms with Crippen LogP contribution in [0.1, 0.15) is 43.4 Å². The maximum atomic E-state index is 12.8. The Hall–Kier alpha value is -2.12. The van der Waals surface area contributed by atoms with Crippen molar-refractivity contribution in [2.75, 3.05) is 26.2 Å². The molecule has 2 unspecified atom stereocenters. The monoisotopic (exact) mass is 410 g/mol. The molecule has 4 N–H and O–H groups in total. The van der Waals surface area contributed by atoms with E-state index in [0.29, 0.717) is 26.2 Å². The molecule has 0 saturated carbocycles. The molecule has 1 saturated heterocycles. The Labute approximate surface area is 172 Å². The number of hydrogen-bond acceptors (Lipinski definition) is 4. The van der Waals surface area contributed by atoms with Crippen LogP contribution in [0.3, 0.4) is 0 Å². The fourth-order valence-electron chi connectivity index (χ4n) is 3.36. The van der Waals surface area contributed by atoms with Crippen molar-refractivity contribution >= 4 is 30.1 Å². The molecule has 0 spiro atoms. The molecule has 0 aromatic heterocycles. The average Bonchev–Trinajstić information content (AvgIpc) is 2.66. The van der Waals surface area contributed by atoms with Gasteiger partial charge in [0.05, 0.1) is 18.4 Å². The second-order valence-corrected chi connectivity index (χ2v) is 7.13. The van der Waals surface area contributed by atoms with Crippen molar-refractivity contribution in [1.82, 2.24) is 15.5 Å². The predicted molar refractivity (Wildman–Crippen MR) is 111 cm³/mol. The molecule has 1 aliphatic rings. The summed E-state index contributed by atoms with van der Waals surface area (Å²) in [5, 5.41) is 5.67. The molecule has 0 bridgehead atoms. The van der Waals surface area contributed by atoms with Crippen LogP contribution in [0.15, 0.2) is 24.3 Å². The van der Waals surface area contributed by atoms with Gasteiger partial charge in [0, 0.05) is 33.1 Å². The zero-order valence-electron chi connectivity index (χ0n) is 16.6. The Morgan fingerprint density at radius 1 is 1.25 bits per heavy atom. The second-order valence-electron chi connectivity index (χ2n) is 7.13. The first-order chi connectivity index (χ1) is 12.9. The minimum absolute atomic E-state index is 0. The number of nitrogens with one attached hydrogen (secondary N) is 2. The minimum atomic E-state index is -0.373. The lowest BCUT2D eigenvalue weighted by Crippen LogP contribution is -2.47. The molecule has 1 aliphatic heterocycles. The number of amides is 3. The van der Waals surface area contributed by atoms with Crippen LogP contribution >= 0.6 is 12.4 Å². The summed E-state index contributed by atoms with van der Waals surface area (Å²) in [5.41, 5.74) is 7.45. The third kappa shape index (κ3) is 7.13. The molecule has 1 heterocycles. The highest BCUT2D eigenvalue weighted by molar-refractivity contribution is 5.85. The maximum Gasteiger partial charge on any atom is 0.225 e. The lowest BCUT2D eigenvalue weighted by molar-refractivity contribution is -0.136. The fourth-order valence-corrected chi connectivity index (χ4v) is 3.36. The molecule has 1 aromatic carbocycles. The molecule has 2 atom stereocenters. The first kappa shape index (κ1) is 23.9. The topological polar surface area (TPSA) is 105 Å². The first-order valence-electron chi connectivity index (χ1n) is 9.50. The van der Waals surface area contributed by atoms with Gasteiger partial charge in [-0.3, -0.25) is 14.4 Å². The van der Waals surface area contributed by atoms with Crippen LogP contribution in [-0.2, 0) is 14.4 Å². The van der Waals surface area contributed by atoms with Crippen molar-refractivity contribution in [1.29, 1.82) is 0 Å². The third-order valence-corrected chi connectivity index (χ3v) is 4.82. The quantitative estimate of drug-likeness (QED) is 0.630. The SMILES string of the molecule is CC(=O)NC(CC(=O)N1CCCC(C(=O)NCCN)C1)c1ccc(C)cc1.Cl. The van der Waals surface area contributed by atoms with Crippen LogP contribution in [0.4, 0.5) is 0 Å². The average molecular weight is 411 g/mol. The maximum absolute atomic E-state index is 12.8. The molecule has 1 aromatic rings. The zero-order chi connectivity index (χ0) is 19.8.